The van der Waals surface area contributed by atoms with Crippen LogP contribution in [0.15, 0.2) is 30.5 Å². The highest BCUT2D eigenvalue weighted by Gasteiger charge is 2.42. The zero-order valence-corrected chi connectivity index (χ0v) is 14.3. The van der Waals surface area contributed by atoms with Gasteiger partial charge in [-0.3, -0.25) is 0 Å². The van der Waals surface area contributed by atoms with Crippen molar-refractivity contribution < 1.29 is 9.84 Å². The van der Waals surface area contributed by atoms with Crippen LogP contribution in [0.25, 0.3) is 0 Å². The Balaban J connectivity index is 1.40. The number of phenols is 1. The molecule has 2 aromatic rings. The minimum atomic E-state index is -0.292. The topological polar surface area (TPSA) is 84.5 Å². The lowest BCUT2D eigenvalue weighted by Crippen LogP contribution is -2.47. The number of anilines is 1. The first-order valence-electron chi connectivity index (χ1n) is 8.91. The zero-order valence-electron chi connectivity index (χ0n) is 14.3. The van der Waals surface area contributed by atoms with E-state index in [9.17, 15) is 5.11 Å². The van der Waals surface area contributed by atoms with E-state index in [0.717, 1.165) is 57.6 Å². The van der Waals surface area contributed by atoms with Gasteiger partial charge in [-0.05, 0) is 48.9 Å². The molecule has 3 heterocycles. The lowest BCUT2D eigenvalue weighted by atomic mass is 9.83. The molecule has 2 aliphatic rings. The fourth-order valence-corrected chi connectivity index (χ4v) is 3.89. The number of piperidine rings is 1. The number of phenolic OH excluding ortho intramolecular Hbond substituents is 1. The van der Waals surface area contributed by atoms with E-state index < -0.39 is 0 Å². The smallest absolute Gasteiger partial charge is 0.220 e. The molecule has 0 radical (unpaired) electrons. The highest BCUT2D eigenvalue weighted by Crippen LogP contribution is 2.40. The number of hydrogen-bond acceptors (Lipinski definition) is 6. The molecule has 0 unspecified atom stereocenters. The second-order valence-corrected chi connectivity index (χ2v) is 6.95. The number of fused-ring (bicyclic) bond motifs is 2. The molecular weight excluding hydrogens is 316 g/mol. The Hall–Kier alpha value is -2.18. The Bertz CT molecular complexity index is 740. The highest BCUT2D eigenvalue weighted by molar-refractivity contribution is 5.32. The predicted molar refractivity (Wildman–Crippen MR) is 95.3 cm³/mol. The third-order valence-electron chi connectivity index (χ3n) is 5.38. The second kappa shape index (κ2) is 6.61. The molecule has 1 spiro atoms. The number of ether oxygens (including phenoxy) is 1. The van der Waals surface area contributed by atoms with Crippen LogP contribution in [0.4, 0.5) is 5.95 Å². The molecule has 2 aliphatic heterocycles. The largest absolute Gasteiger partial charge is 0.508 e. The highest BCUT2D eigenvalue weighted by atomic mass is 16.5. The lowest BCUT2D eigenvalue weighted by molar-refractivity contribution is -0.101. The fourth-order valence-electron chi connectivity index (χ4n) is 3.89. The van der Waals surface area contributed by atoms with Crippen molar-refractivity contribution in [1.82, 2.24) is 14.9 Å². The zero-order chi connectivity index (χ0) is 17.3. The molecule has 0 aliphatic carbocycles. The maximum Gasteiger partial charge on any atom is 0.220 e. The molecule has 6 heteroatoms. The van der Waals surface area contributed by atoms with Crippen LogP contribution in [-0.2, 0) is 23.2 Å². The minimum absolute atomic E-state index is 0.292. The first-order chi connectivity index (χ1) is 12.1. The average molecular weight is 340 g/mol. The lowest BCUT2D eigenvalue weighted by Gasteiger charge is -2.44. The van der Waals surface area contributed by atoms with Crippen molar-refractivity contribution in [3.05, 3.63) is 47.3 Å². The number of aromatic hydroxyl groups is 1. The van der Waals surface area contributed by atoms with Crippen molar-refractivity contribution >= 4 is 5.95 Å². The van der Waals surface area contributed by atoms with E-state index in [2.05, 4.69) is 14.9 Å². The number of nitrogens with two attached hydrogens (primary N) is 1. The van der Waals surface area contributed by atoms with E-state index in [4.69, 9.17) is 10.5 Å². The van der Waals surface area contributed by atoms with Gasteiger partial charge in [0.15, 0.2) is 0 Å². The Labute approximate surface area is 147 Å². The first kappa shape index (κ1) is 16.3. The molecule has 0 bridgehead atoms. The Morgan fingerprint density at radius 1 is 1.20 bits per heavy atom. The van der Waals surface area contributed by atoms with Crippen molar-refractivity contribution in [1.29, 1.82) is 0 Å². The van der Waals surface area contributed by atoms with Gasteiger partial charge < -0.3 is 20.5 Å². The minimum Gasteiger partial charge on any atom is -0.508 e. The second-order valence-electron chi connectivity index (χ2n) is 6.95. The van der Waals surface area contributed by atoms with Crippen LogP contribution in [0.1, 0.15) is 29.7 Å². The normalized spacial score (nSPS) is 19.7. The quantitative estimate of drug-likeness (QED) is 0.887. The molecule has 1 aromatic heterocycles. The summed E-state index contributed by atoms with van der Waals surface area (Å²) in [5.41, 5.74) is 8.95. The molecule has 6 nitrogen and oxygen atoms in total. The van der Waals surface area contributed by atoms with Crippen molar-refractivity contribution in [3.63, 3.8) is 0 Å². The van der Waals surface area contributed by atoms with Crippen molar-refractivity contribution in [2.24, 2.45) is 0 Å². The summed E-state index contributed by atoms with van der Waals surface area (Å²) < 4.78 is 6.21. The summed E-state index contributed by atoms with van der Waals surface area (Å²) in [6.07, 6.45) is 5.58. The van der Waals surface area contributed by atoms with Crippen molar-refractivity contribution in [3.8, 4) is 5.75 Å². The van der Waals surface area contributed by atoms with Crippen molar-refractivity contribution in [2.45, 2.75) is 31.3 Å². The van der Waals surface area contributed by atoms with Crippen LogP contribution in [0, 0.1) is 0 Å². The maximum atomic E-state index is 9.37. The Morgan fingerprint density at radius 3 is 2.72 bits per heavy atom. The molecule has 4 rings (SSSR count). The van der Waals surface area contributed by atoms with E-state index in [-0.39, 0.29) is 5.60 Å². The van der Waals surface area contributed by atoms with Gasteiger partial charge in [0, 0.05) is 25.8 Å². The number of nitrogens with zero attached hydrogens (tertiary/aromatic N) is 3. The van der Waals surface area contributed by atoms with E-state index >= 15 is 0 Å². The van der Waals surface area contributed by atoms with E-state index in [1.165, 1.54) is 11.1 Å². The van der Waals surface area contributed by atoms with Gasteiger partial charge >= 0.3 is 0 Å². The molecule has 1 fully saturated rings. The molecule has 0 saturated carbocycles. The fraction of sp³-hybridized carbons (Fsp3) is 0.474. The standard InChI is InChI=1S/C19H24N4O2/c20-18-21-13-15-6-12-25-19(17(15)22-18)7-10-23(11-8-19)9-5-14-1-3-16(24)4-2-14/h1-4,13,24H,5-12H2,(H2,20,21,22). The number of hydrogen-bond donors (Lipinski definition) is 2. The van der Waals surface area contributed by atoms with Gasteiger partial charge in [0.1, 0.15) is 11.4 Å². The third-order valence-corrected chi connectivity index (χ3v) is 5.38. The van der Waals surface area contributed by atoms with Crippen LogP contribution in [0.3, 0.4) is 0 Å². The molecule has 1 saturated heterocycles. The Kier molecular flexibility index (Phi) is 4.31. The number of likely N-dealkylation sites (tertiary alicyclic amines) is 1. The summed E-state index contributed by atoms with van der Waals surface area (Å²) in [4.78, 5) is 11.1. The number of nitrogen functional groups attached to an aromatic ring is 1. The van der Waals surface area contributed by atoms with Crippen LogP contribution in [-0.4, -0.2) is 46.2 Å². The van der Waals surface area contributed by atoms with E-state index in [1.54, 1.807) is 12.1 Å². The van der Waals surface area contributed by atoms with Gasteiger partial charge in [-0.25, -0.2) is 9.97 Å². The molecule has 132 valence electrons. The number of rotatable bonds is 3. The van der Waals surface area contributed by atoms with Gasteiger partial charge in [0.25, 0.3) is 0 Å². The van der Waals surface area contributed by atoms with E-state index in [1.807, 2.05) is 18.3 Å². The maximum absolute atomic E-state index is 9.37. The van der Waals surface area contributed by atoms with Gasteiger partial charge in [-0.1, -0.05) is 12.1 Å². The third kappa shape index (κ3) is 3.32. The number of benzene rings is 1. The SMILES string of the molecule is Nc1ncc2c(n1)C1(CCN(CCc3ccc(O)cc3)CC1)OCC2. The number of aromatic nitrogens is 2. The molecule has 3 N–H and O–H groups in total. The monoisotopic (exact) mass is 340 g/mol. The summed E-state index contributed by atoms with van der Waals surface area (Å²) in [5, 5.41) is 9.37. The summed E-state index contributed by atoms with van der Waals surface area (Å²) in [6, 6.07) is 7.47. The average Bonchev–Trinajstić information content (AvgIpc) is 2.63. The van der Waals surface area contributed by atoms with Crippen molar-refractivity contribution in [2.75, 3.05) is 32.0 Å². The summed E-state index contributed by atoms with van der Waals surface area (Å²) in [7, 11) is 0. The summed E-state index contributed by atoms with van der Waals surface area (Å²) >= 11 is 0. The summed E-state index contributed by atoms with van der Waals surface area (Å²) in [5.74, 6) is 0.649. The van der Waals surface area contributed by atoms with E-state index in [0.29, 0.717) is 11.7 Å². The predicted octanol–water partition coefficient (Wildman–Crippen LogP) is 1.87. The van der Waals surface area contributed by atoms with Crippen LogP contribution in [0.2, 0.25) is 0 Å². The molecule has 25 heavy (non-hydrogen) atoms. The summed E-state index contributed by atoms with van der Waals surface area (Å²) in [6.45, 7) is 3.72. The first-order valence-corrected chi connectivity index (χ1v) is 8.91. The molecule has 0 amide bonds. The Morgan fingerprint density at radius 2 is 1.96 bits per heavy atom. The van der Waals surface area contributed by atoms with Crippen LogP contribution >= 0.6 is 0 Å². The van der Waals surface area contributed by atoms with Gasteiger partial charge in [0.2, 0.25) is 5.95 Å². The van der Waals surface area contributed by atoms with Gasteiger partial charge in [-0.15, -0.1) is 0 Å². The van der Waals surface area contributed by atoms with Crippen LogP contribution in [0.5, 0.6) is 5.75 Å². The molecule has 0 atom stereocenters. The molecular formula is C19H24N4O2. The van der Waals surface area contributed by atoms with Gasteiger partial charge in [0.05, 0.1) is 12.3 Å². The van der Waals surface area contributed by atoms with Gasteiger partial charge in [-0.2, -0.15) is 0 Å². The molecule has 1 aromatic carbocycles. The van der Waals surface area contributed by atoms with Crippen LogP contribution < -0.4 is 5.73 Å².